The summed E-state index contributed by atoms with van der Waals surface area (Å²) in [5.41, 5.74) is 3.71. The monoisotopic (exact) mass is 255 g/mol. The number of nitrogens with one attached hydrogen (secondary N) is 1. The molecule has 0 aliphatic heterocycles. The van der Waals surface area contributed by atoms with Crippen LogP contribution >= 0.6 is 0 Å². The molecule has 2 rings (SSSR count). The minimum Gasteiger partial charge on any atom is -0.508 e. The molecule has 2 nitrogen and oxygen atoms in total. The van der Waals surface area contributed by atoms with Gasteiger partial charge < -0.3 is 10.4 Å². The molecule has 0 fully saturated rings. The molecule has 2 heteroatoms. The van der Waals surface area contributed by atoms with Crippen LogP contribution in [0.4, 0.5) is 0 Å². The molecule has 0 heterocycles. The molecule has 0 spiro atoms. The quantitative estimate of drug-likeness (QED) is 0.861. The highest BCUT2D eigenvalue weighted by Crippen LogP contribution is 2.23. The maximum Gasteiger partial charge on any atom is 0.115 e. The third-order valence-electron chi connectivity index (χ3n) is 3.53. The first-order valence-electron chi connectivity index (χ1n) is 6.68. The fraction of sp³-hybridized carbons (Fsp3) is 0.294. The highest BCUT2D eigenvalue weighted by Gasteiger charge is 2.12. The first kappa shape index (κ1) is 13.6. The second-order valence-electron chi connectivity index (χ2n) is 5.06. The second kappa shape index (κ2) is 5.89. The van der Waals surface area contributed by atoms with E-state index in [-0.39, 0.29) is 12.1 Å². The molecule has 0 aromatic heterocycles. The summed E-state index contributed by atoms with van der Waals surface area (Å²) >= 11 is 0. The lowest BCUT2D eigenvalue weighted by molar-refractivity contribution is 0.466. The third kappa shape index (κ3) is 3.36. The number of hydrogen-bond acceptors (Lipinski definition) is 2. The molecule has 0 bridgehead atoms. The van der Waals surface area contributed by atoms with Gasteiger partial charge in [0, 0.05) is 12.1 Å². The van der Waals surface area contributed by atoms with E-state index >= 15 is 0 Å². The van der Waals surface area contributed by atoms with E-state index in [0.29, 0.717) is 5.75 Å². The van der Waals surface area contributed by atoms with Crippen LogP contribution in [0.3, 0.4) is 0 Å². The van der Waals surface area contributed by atoms with Crippen molar-refractivity contribution in [3.63, 3.8) is 0 Å². The Morgan fingerprint density at radius 3 is 2.37 bits per heavy atom. The van der Waals surface area contributed by atoms with Crippen LogP contribution < -0.4 is 5.32 Å². The predicted molar refractivity (Wildman–Crippen MR) is 79.3 cm³/mol. The molecule has 2 atom stereocenters. The van der Waals surface area contributed by atoms with E-state index in [9.17, 15) is 5.11 Å². The first-order valence-corrected chi connectivity index (χ1v) is 6.68. The van der Waals surface area contributed by atoms with Crippen molar-refractivity contribution >= 4 is 0 Å². The molecular formula is C17H21NO. The average Bonchev–Trinajstić information content (AvgIpc) is 2.39. The van der Waals surface area contributed by atoms with Gasteiger partial charge in [0.15, 0.2) is 0 Å². The molecule has 2 aromatic carbocycles. The zero-order valence-electron chi connectivity index (χ0n) is 11.7. The lowest BCUT2D eigenvalue weighted by Crippen LogP contribution is -2.23. The van der Waals surface area contributed by atoms with E-state index in [1.807, 2.05) is 18.2 Å². The maximum atomic E-state index is 9.53. The summed E-state index contributed by atoms with van der Waals surface area (Å²) in [6.45, 7) is 6.41. The van der Waals surface area contributed by atoms with Crippen LogP contribution in [0, 0.1) is 6.92 Å². The molecule has 0 aliphatic carbocycles. The third-order valence-corrected chi connectivity index (χ3v) is 3.53. The number of phenols is 1. The van der Waals surface area contributed by atoms with Crippen molar-refractivity contribution in [2.45, 2.75) is 32.9 Å². The van der Waals surface area contributed by atoms with Crippen molar-refractivity contribution in [2.24, 2.45) is 0 Å². The Morgan fingerprint density at radius 1 is 0.947 bits per heavy atom. The molecule has 0 radical (unpaired) electrons. The number of aromatic hydroxyl groups is 1. The van der Waals surface area contributed by atoms with Gasteiger partial charge in [-0.3, -0.25) is 0 Å². The Bertz CT molecular complexity index is 550. The zero-order chi connectivity index (χ0) is 13.8. The van der Waals surface area contributed by atoms with Crippen LogP contribution in [0.2, 0.25) is 0 Å². The van der Waals surface area contributed by atoms with Gasteiger partial charge in [-0.25, -0.2) is 0 Å². The molecule has 100 valence electrons. The van der Waals surface area contributed by atoms with Gasteiger partial charge in [0.25, 0.3) is 0 Å². The largest absolute Gasteiger partial charge is 0.508 e. The highest BCUT2D eigenvalue weighted by molar-refractivity contribution is 5.31. The van der Waals surface area contributed by atoms with Crippen LogP contribution in [-0.4, -0.2) is 5.11 Å². The highest BCUT2D eigenvalue weighted by atomic mass is 16.3. The van der Waals surface area contributed by atoms with Gasteiger partial charge in [-0.2, -0.15) is 0 Å². The van der Waals surface area contributed by atoms with Crippen molar-refractivity contribution in [3.05, 3.63) is 65.2 Å². The van der Waals surface area contributed by atoms with Gasteiger partial charge in [-0.05, 0) is 49.6 Å². The molecule has 0 amide bonds. The number of rotatable bonds is 4. The Hall–Kier alpha value is -1.80. The summed E-state index contributed by atoms with van der Waals surface area (Å²) < 4.78 is 0. The van der Waals surface area contributed by atoms with Crippen molar-refractivity contribution in [1.29, 1.82) is 0 Å². The molecule has 0 saturated carbocycles. The number of phenolic OH excluding ortho intramolecular Hbond substituents is 1. The number of hydrogen-bond donors (Lipinski definition) is 2. The van der Waals surface area contributed by atoms with Gasteiger partial charge in [-0.1, -0.05) is 36.4 Å². The Morgan fingerprint density at radius 2 is 1.68 bits per heavy atom. The van der Waals surface area contributed by atoms with Crippen molar-refractivity contribution in [1.82, 2.24) is 5.32 Å². The fourth-order valence-electron chi connectivity index (χ4n) is 2.43. The molecule has 1 unspecified atom stereocenters. The lowest BCUT2D eigenvalue weighted by Gasteiger charge is -2.22. The standard InChI is InChI=1S/C17H21NO/c1-12-7-4-5-10-17(12)14(3)18-13(2)15-8-6-9-16(19)11-15/h4-11,13-14,18-19H,1-3H3/t13?,14-/m0/s1. The Labute approximate surface area is 115 Å². The fourth-order valence-corrected chi connectivity index (χ4v) is 2.43. The van der Waals surface area contributed by atoms with E-state index in [0.717, 1.165) is 5.56 Å². The second-order valence-corrected chi connectivity index (χ2v) is 5.06. The maximum absolute atomic E-state index is 9.53. The summed E-state index contributed by atoms with van der Waals surface area (Å²) in [6, 6.07) is 16.3. The number of aryl methyl sites for hydroxylation is 1. The smallest absolute Gasteiger partial charge is 0.115 e. The van der Waals surface area contributed by atoms with Crippen LogP contribution in [0.25, 0.3) is 0 Å². The first-order chi connectivity index (χ1) is 9.08. The van der Waals surface area contributed by atoms with Gasteiger partial charge >= 0.3 is 0 Å². The minimum atomic E-state index is 0.196. The molecule has 0 aliphatic rings. The van der Waals surface area contributed by atoms with Crippen LogP contribution in [0.1, 0.15) is 42.6 Å². The minimum absolute atomic E-state index is 0.196. The van der Waals surface area contributed by atoms with E-state index in [1.165, 1.54) is 11.1 Å². The van der Waals surface area contributed by atoms with Crippen molar-refractivity contribution in [2.75, 3.05) is 0 Å². The van der Waals surface area contributed by atoms with E-state index in [1.54, 1.807) is 6.07 Å². The Balaban J connectivity index is 2.11. The average molecular weight is 255 g/mol. The lowest BCUT2D eigenvalue weighted by atomic mass is 10.0. The normalized spacial score (nSPS) is 14.1. The van der Waals surface area contributed by atoms with E-state index in [4.69, 9.17) is 0 Å². The van der Waals surface area contributed by atoms with Crippen LogP contribution in [-0.2, 0) is 0 Å². The summed E-state index contributed by atoms with van der Waals surface area (Å²) in [6.07, 6.45) is 0. The predicted octanol–water partition coefficient (Wildman–Crippen LogP) is 4.11. The summed E-state index contributed by atoms with van der Waals surface area (Å²) in [5.74, 6) is 0.315. The molecule has 19 heavy (non-hydrogen) atoms. The summed E-state index contributed by atoms with van der Waals surface area (Å²) in [7, 11) is 0. The zero-order valence-corrected chi connectivity index (χ0v) is 11.7. The van der Waals surface area contributed by atoms with Gasteiger partial charge in [-0.15, -0.1) is 0 Å². The Kier molecular flexibility index (Phi) is 4.23. The van der Waals surface area contributed by atoms with Crippen molar-refractivity contribution < 1.29 is 5.11 Å². The molecule has 0 saturated heterocycles. The molecular weight excluding hydrogens is 234 g/mol. The van der Waals surface area contributed by atoms with Crippen molar-refractivity contribution in [3.8, 4) is 5.75 Å². The molecule has 2 aromatic rings. The van der Waals surface area contributed by atoms with E-state index < -0.39 is 0 Å². The van der Waals surface area contributed by atoms with E-state index in [2.05, 4.69) is 50.4 Å². The van der Waals surface area contributed by atoms with Gasteiger partial charge in [0.2, 0.25) is 0 Å². The summed E-state index contributed by atoms with van der Waals surface area (Å²) in [4.78, 5) is 0. The topological polar surface area (TPSA) is 32.3 Å². The summed E-state index contributed by atoms with van der Waals surface area (Å²) in [5, 5.41) is 13.1. The van der Waals surface area contributed by atoms with Gasteiger partial charge in [0.1, 0.15) is 5.75 Å². The molecule has 2 N–H and O–H groups in total. The number of benzene rings is 2. The SMILES string of the molecule is Cc1ccccc1[C@H](C)NC(C)c1cccc(O)c1. The van der Waals surface area contributed by atoms with Gasteiger partial charge in [0.05, 0.1) is 0 Å². The van der Waals surface area contributed by atoms with Crippen LogP contribution in [0.15, 0.2) is 48.5 Å². The van der Waals surface area contributed by atoms with Crippen LogP contribution in [0.5, 0.6) is 5.75 Å².